The number of ether oxygens (including phenoxy) is 2. The largest absolute Gasteiger partial charge is 0.497 e. The highest BCUT2D eigenvalue weighted by Crippen LogP contribution is 2.35. The Balaban J connectivity index is 1.82. The van der Waals surface area contributed by atoms with Gasteiger partial charge in [-0.25, -0.2) is 8.42 Å². The number of carbonyl (C=O) groups excluding carboxylic acids is 1. The van der Waals surface area contributed by atoms with Gasteiger partial charge in [-0.05, 0) is 42.5 Å². The molecule has 2 atom stereocenters. The fraction of sp³-hybridized carbons (Fsp3) is 0.278. The van der Waals surface area contributed by atoms with Crippen LogP contribution in [0.1, 0.15) is 6.42 Å². The van der Waals surface area contributed by atoms with Gasteiger partial charge in [0.2, 0.25) is 11.9 Å². The van der Waals surface area contributed by atoms with Crippen LogP contribution in [0.25, 0.3) is 0 Å². The topological polar surface area (TPSA) is 137 Å². The Morgan fingerprint density at radius 1 is 1.10 bits per heavy atom. The number of nitrogens with zero attached hydrogens (tertiary/aromatic N) is 1. The molecular weight excluding hydrogens is 402 g/mol. The van der Waals surface area contributed by atoms with Crippen LogP contribution in [0.5, 0.6) is 11.5 Å². The second-order valence-corrected chi connectivity index (χ2v) is 8.03. The molecule has 1 fully saturated rings. The monoisotopic (exact) mass is 421 g/mol. The van der Waals surface area contributed by atoms with Crippen LogP contribution in [-0.4, -0.2) is 39.5 Å². The average molecular weight is 421 g/mol. The zero-order chi connectivity index (χ0) is 21.2. The van der Waals surface area contributed by atoms with Gasteiger partial charge in [0.25, 0.3) is 10.0 Å². The van der Waals surface area contributed by atoms with Crippen molar-refractivity contribution in [1.82, 2.24) is 0 Å². The third-order valence-corrected chi connectivity index (χ3v) is 5.83. The first kappa shape index (κ1) is 20.4. The normalized spacial score (nSPS) is 17.9. The molecule has 2 aromatic carbocycles. The van der Waals surface area contributed by atoms with E-state index in [2.05, 4.69) is 10.0 Å². The highest BCUT2D eigenvalue weighted by molar-refractivity contribution is 7.92. The fourth-order valence-corrected chi connectivity index (χ4v) is 4.02. The summed E-state index contributed by atoms with van der Waals surface area (Å²) in [5.41, 5.74) is 0.508. The molecule has 154 valence electrons. The van der Waals surface area contributed by atoms with E-state index in [1.807, 2.05) is 0 Å². The van der Waals surface area contributed by atoms with Crippen molar-refractivity contribution in [3.8, 4) is 11.5 Å². The van der Waals surface area contributed by atoms with Crippen molar-refractivity contribution in [1.29, 1.82) is 0 Å². The summed E-state index contributed by atoms with van der Waals surface area (Å²) in [6.07, 6.45) is 0.166. The lowest BCUT2D eigenvalue weighted by Gasteiger charge is -2.14. The molecule has 0 bridgehead atoms. The quantitative estimate of drug-likeness (QED) is 0.492. The molecule has 1 aliphatic rings. The molecule has 0 aromatic heterocycles. The Bertz CT molecular complexity index is 1040. The van der Waals surface area contributed by atoms with Crippen LogP contribution in [0, 0.1) is 16.0 Å². The number of hydrogen-bond acceptors (Lipinski definition) is 7. The fourth-order valence-electron chi connectivity index (χ4n) is 2.76. The van der Waals surface area contributed by atoms with E-state index in [1.54, 1.807) is 24.3 Å². The van der Waals surface area contributed by atoms with Crippen LogP contribution in [0.4, 0.5) is 11.4 Å². The minimum atomic E-state index is -4.04. The van der Waals surface area contributed by atoms with Gasteiger partial charge in [-0.2, -0.15) is 0 Å². The Kier molecular flexibility index (Phi) is 5.59. The maximum Gasteiger partial charge on any atom is 0.265 e. The van der Waals surface area contributed by atoms with Crippen molar-refractivity contribution in [3.05, 3.63) is 52.6 Å². The highest BCUT2D eigenvalue weighted by Gasteiger charge is 2.53. The van der Waals surface area contributed by atoms with Gasteiger partial charge < -0.3 is 14.8 Å². The first-order chi connectivity index (χ1) is 13.7. The molecule has 0 unspecified atom stereocenters. The Morgan fingerprint density at radius 2 is 1.76 bits per heavy atom. The molecule has 1 aliphatic carbocycles. The highest BCUT2D eigenvalue weighted by atomic mass is 32.2. The van der Waals surface area contributed by atoms with Gasteiger partial charge in [-0.1, -0.05) is 0 Å². The summed E-state index contributed by atoms with van der Waals surface area (Å²) in [7, 11) is -1.21. The summed E-state index contributed by atoms with van der Waals surface area (Å²) in [6, 6.07) is 9.50. The van der Waals surface area contributed by atoms with Crippen molar-refractivity contribution in [2.45, 2.75) is 17.4 Å². The molecule has 3 rings (SSSR count). The summed E-state index contributed by atoms with van der Waals surface area (Å²) in [6.45, 7) is 0. The zero-order valence-electron chi connectivity index (χ0n) is 15.6. The first-order valence-electron chi connectivity index (χ1n) is 8.54. The van der Waals surface area contributed by atoms with Crippen LogP contribution >= 0.6 is 0 Å². The van der Waals surface area contributed by atoms with E-state index in [0.717, 1.165) is 0 Å². The van der Waals surface area contributed by atoms with Gasteiger partial charge in [0.15, 0.2) is 0 Å². The van der Waals surface area contributed by atoms with E-state index in [-0.39, 0.29) is 22.8 Å². The number of nitro groups is 1. The number of methoxy groups -OCH3 is 2. The third kappa shape index (κ3) is 4.57. The summed E-state index contributed by atoms with van der Waals surface area (Å²) in [5.74, 6) is -0.588. The maximum absolute atomic E-state index is 12.8. The van der Waals surface area contributed by atoms with Crippen LogP contribution in [-0.2, 0) is 14.8 Å². The summed E-state index contributed by atoms with van der Waals surface area (Å²) >= 11 is 0. The SMILES string of the molecule is COc1ccc(NS(=O)(=O)c2cc(NC(=O)[C@H]3C[C@@H]3[N+](=O)[O-])ccc2OC)cc1. The van der Waals surface area contributed by atoms with E-state index in [4.69, 9.17) is 9.47 Å². The standard InChI is InChI=1S/C18H19N3O7S/c1-27-13-6-3-11(4-7-13)20-29(25,26)17-9-12(5-8-16(17)28-2)19-18(22)14-10-15(14)21(23)24/h3-9,14-15,20H,10H2,1-2H3,(H,19,22)/t14-,15-/m0/s1. The number of rotatable bonds is 8. The molecule has 1 amide bonds. The van der Waals surface area contributed by atoms with Gasteiger partial charge >= 0.3 is 0 Å². The van der Waals surface area contributed by atoms with Crippen molar-refractivity contribution in [2.24, 2.45) is 5.92 Å². The molecule has 2 N–H and O–H groups in total. The number of benzene rings is 2. The minimum Gasteiger partial charge on any atom is -0.497 e. The van der Waals surface area contributed by atoms with E-state index in [1.165, 1.54) is 32.4 Å². The lowest BCUT2D eigenvalue weighted by molar-refractivity contribution is -0.497. The van der Waals surface area contributed by atoms with Crippen molar-refractivity contribution >= 4 is 27.3 Å². The second kappa shape index (κ2) is 7.95. The molecule has 2 aromatic rings. The summed E-state index contributed by atoms with van der Waals surface area (Å²) < 4.78 is 38.3. The van der Waals surface area contributed by atoms with E-state index in [0.29, 0.717) is 11.4 Å². The average Bonchev–Trinajstić information content (AvgIpc) is 3.49. The maximum atomic E-state index is 12.8. The molecule has 29 heavy (non-hydrogen) atoms. The van der Waals surface area contributed by atoms with Gasteiger partial charge in [0.1, 0.15) is 22.3 Å². The smallest absolute Gasteiger partial charge is 0.265 e. The predicted molar refractivity (Wildman–Crippen MR) is 104 cm³/mol. The number of hydrogen-bond donors (Lipinski definition) is 2. The molecule has 0 heterocycles. The Hall–Kier alpha value is -3.34. The summed E-state index contributed by atoms with van der Waals surface area (Å²) in [5, 5.41) is 13.2. The molecule has 11 heteroatoms. The molecule has 0 radical (unpaired) electrons. The van der Waals surface area contributed by atoms with Crippen LogP contribution in [0.3, 0.4) is 0 Å². The lowest BCUT2D eigenvalue weighted by Crippen LogP contribution is -2.19. The molecule has 10 nitrogen and oxygen atoms in total. The first-order valence-corrected chi connectivity index (χ1v) is 10.0. The van der Waals surface area contributed by atoms with Crippen LogP contribution < -0.4 is 19.5 Å². The van der Waals surface area contributed by atoms with Gasteiger partial charge in [-0.15, -0.1) is 0 Å². The minimum absolute atomic E-state index is 0.0820. The van der Waals surface area contributed by atoms with Gasteiger partial charge in [0, 0.05) is 22.7 Å². The van der Waals surface area contributed by atoms with Crippen molar-refractivity contribution < 1.29 is 27.6 Å². The third-order valence-electron chi connectivity index (χ3n) is 4.43. The number of amides is 1. The van der Waals surface area contributed by atoms with E-state index < -0.39 is 32.8 Å². The molecule has 0 spiro atoms. The van der Waals surface area contributed by atoms with E-state index in [9.17, 15) is 23.3 Å². The van der Waals surface area contributed by atoms with E-state index >= 15 is 0 Å². The van der Waals surface area contributed by atoms with Crippen LogP contribution in [0.15, 0.2) is 47.4 Å². The molecule has 0 aliphatic heterocycles. The van der Waals surface area contributed by atoms with Gasteiger partial charge in [0.05, 0.1) is 14.2 Å². The molecule has 1 saturated carbocycles. The Morgan fingerprint density at radius 3 is 2.31 bits per heavy atom. The van der Waals surface area contributed by atoms with Crippen LogP contribution in [0.2, 0.25) is 0 Å². The number of sulfonamides is 1. The van der Waals surface area contributed by atoms with Gasteiger partial charge in [-0.3, -0.25) is 19.6 Å². The zero-order valence-corrected chi connectivity index (χ0v) is 16.4. The number of carbonyl (C=O) groups is 1. The molecule has 0 saturated heterocycles. The second-order valence-electron chi connectivity index (χ2n) is 6.38. The number of nitrogens with one attached hydrogen (secondary N) is 2. The lowest BCUT2D eigenvalue weighted by atomic mass is 10.3. The summed E-state index contributed by atoms with van der Waals surface area (Å²) in [4.78, 5) is 22.2. The number of anilines is 2. The Labute approximate surface area is 167 Å². The van der Waals surface area contributed by atoms with Crippen molar-refractivity contribution in [2.75, 3.05) is 24.3 Å². The van der Waals surface area contributed by atoms with Crippen molar-refractivity contribution in [3.63, 3.8) is 0 Å². The predicted octanol–water partition coefficient (Wildman–Crippen LogP) is 2.11. The molecular formula is C18H19N3O7S.